The molecule has 1 rings (SSSR count). The summed E-state index contributed by atoms with van der Waals surface area (Å²) >= 11 is 0. The van der Waals surface area contributed by atoms with Gasteiger partial charge in [0, 0.05) is 13.1 Å². The van der Waals surface area contributed by atoms with Crippen LogP contribution in [0.25, 0.3) is 0 Å². The number of hydrogen-bond acceptors (Lipinski definition) is 2. The fraction of sp³-hybridized carbons (Fsp3) is 0.538. The van der Waals surface area contributed by atoms with Crippen molar-refractivity contribution in [3.63, 3.8) is 0 Å². The highest BCUT2D eigenvalue weighted by molar-refractivity contribution is 5.34. The van der Waals surface area contributed by atoms with Crippen molar-refractivity contribution in [1.29, 1.82) is 0 Å². The van der Waals surface area contributed by atoms with E-state index in [1.165, 1.54) is 16.7 Å². The van der Waals surface area contributed by atoms with Crippen molar-refractivity contribution >= 4 is 0 Å². The van der Waals surface area contributed by atoms with Gasteiger partial charge in [0.05, 0.1) is 0 Å². The van der Waals surface area contributed by atoms with Gasteiger partial charge >= 0.3 is 0 Å². The minimum absolute atomic E-state index is 1.02. The molecule has 1 aromatic carbocycles. The summed E-state index contributed by atoms with van der Waals surface area (Å²) in [7, 11) is 8.44. The third-order valence-corrected chi connectivity index (χ3v) is 2.53. The largest absolute Gasteiger partial charge is 0.305 e. The van der Waals surface area contributed by atoms with E-state index in [2.05, 4.69) is 63.1 Å². The highest BCUT2D eigenvalue weighted by atomic mass is 15.1. The van der Waals surface area contributed by atoms with Gasteiger partial charge < -0.3 is 9.80 Å². The minimum atomic E-state index is 1.02. The maximum Gasteiger partial charge on any atom is 0.0230 e. The molecule has 0 spiro atoms. The second-order valence-electron chi connectivity index (χ2n) is 4.68. The van der Waals surface area contributed by atoms with Gasteiger partial charge in [-0.05, 0) is 51.8 Å². The van der Waals surface area contributed by atoms with E-state index < -0.39 is 0 Å². The van der Waals surface area contributed by atoms with Crippen molar-refractivity contribution in [2.24, 2.45) is 0 Å². The smallest absolute Gasteiger partial charge is 0.0230 e. The molecule has 0 fully saturated rings. The Balaban J connectivity index is 2.90. The molecule has 84 valence electrons. The second kappa shape index (κ2) is 5.29. The van der Waals surface area contributed by atoms with Crippen LogP contribution in [-0.4, -0.2) is 38.0 Å². The summed E-state index contributed by atoms with van der Waals surface area (Å²) < 4.78 is 0. The van der Waals surface area contributed by atoms with Crippen LogP contribution in [0.4, 0.5) is 0 Å². The number of nitrogens with zero attached hydrogens (tertiary/aromatic N) is 2. The van der Waals surface area contributed by atoms with E-state index in [1.807, 2.05) is 0 Å². The fourth-order valence-corrected chi connectivity index (χ4v) is 1.76. The summed E-state index contributed by atoms with van der Waals surface area (Å²) in [6.07, 6.45) is 0. The Morgan fingerprint density at radius 1 is 0.867 bits per heavy atom. The zero-order chi connectivity index (χ0) is 11.4. The van der Waals surface area contributed by atoms with Gasteiger partial charge in [-0.15, -0.1) is 0 Å². The zero-order valence-corrected chi connectivity index (χ0v) is 10.5. The van der Waals surface area contributed by atoms with Crippen LogP contribution in [-0.2, 0) is 13.1 Å². The lowest BCUT2D eigenvalue weighted by atomic mass is 10.0. The maximum atomic E-state index is 2.22. The van der Waals surface area contributed by atoms with Gasteiger partial charge in [0.15, 0.2) is 0 Å². The van der Waals surface area contributed by atoms with E-state index >= 15 is 0 Å². The van der Waals surface area contributed by atoms with Gasteiger partial charge in [0.2, 0.25) is 0 Å². The van der Waals surface area contributed by atoms with Gasteiger partial charge in [0.25, 0.3) is 0 Å². The second-order valence-corrected chi connectivity index (χ2v) is 4.68. The predicted octanol–water partition coefficient (Wildman–Crippen LogP) is 2.12. The van der Waals surface area contributed by atoms with Crippen LogP contribution in [0.5, 0.6) is 0 Å². The van der Waals surface area contributed by atoms with Crippen molar-refractivity contribution in [1.82, 2.24) is 9.80 Å². The lowest BCUT2D eigenvalue weighted by Crippen LogP contribution is -2.15. The molecular weight excluding hydrogens is 184 g/mol. The van der Waals surface area contributed by atoms with Crippen molar-refractivity contribution < 1.29 is 0 Å². The number of benzene rings is 1. The molecule has 0 N–H and O–H groups in total. The third-order valence-electron chi connectivity index (χ3n) is 2.53. The molecule has 1 aromatic rings. The number of hydrogen-bond donors (Lipinski definition) is 0. The summed E-state index contributed by atoms with van der Waals surface area (Å²) in [6, 6.07) is 6.59. The minimum Gasteiger partial charge on any atom is -0.305 e. The maximum absolute atomic E-state index is 2.22. The Bertz CT molecular complexity index is 288. The SMILES string of the molecule is Cc1c(CN(C)C)cccc1CN(C)C. The van der Waals surface area contributed by atoms with Crippen LogP contribution in [0.2, 0.25) is 0 Å². The fourth-order valence-electron chi connectivity index (χ4n) is 1.76. The van der Waals surface area contributed by atoms with Gasteiger partial charge in [-0.1, -0.05) is 18.2 Å². The number of rotatable bonds is 4. The Hall–Kier alpha value is -0.860. The highest BCUT2D eigenvalue weighted by Crippen LogP contribution is 2.16. The zero-order valence-electron chi connectivity index (χ0n) is 10.5. The molecule has 0 amide bonds. The van der Waals surface area contributed by atoms with Gasteiger partial charge in [0.1, 0.15) is 0 Å². The molecule has 0 unspecified atom stereocenters. The van der Waals surface area contributed by atoms with Crippen LogP contribution < -0.4 is 0 Å². The lowest BCUT2D eigenvalue weighted by Gasteiger charge is -2.17. The normalized spacial score (nSPS) is 11.4. The molecular formula is C13H22N2. The standard InChI is InChI=1S/C13H22N2/c1-11-12(9-14(2)3)7-6-8-13(11)10-15(4)5/h6-8H,9-10H2,1-5H3. The Labute approximate surface area is 93.5 Å². The molecule has 0 aromatic heterocycles. The van der Waals surface area contributed by atoms with E-state index in [1.54, 1.807) is 0 Å². The van der Waals surface area contributed by atoms with Crippen molar-refractivity contribution in [3.05, 3.63) is 34.9 Å². The average molecular weight is 206 g/mol. The molecule has 0 saturated carbocycles. The summed E-state index contributed by atoms with van der Waals surface area (Å²) in [5.41, 5.74) is 4.29. The first-order valence-corrected chi connectivity index (χ1v) is 5.37. The van der Waals surface area contributed by atoms with Gasteiger partial charge in [-0.2, -0.15) is 0 Å². The van der Waals surface area contributed by atoms with Crippen molar-refractivity contribution in [3.8, 4) is 0 Å². The molecule has 0 heterocycles. The van der Waals surface area contributed by atoms with Gasteiger partial charge in [-0.25, -0.2) is 0 Å². The molecule has 0 aliphatic heterocycles. The van der Waals surface area contributed by atoms with Gasteiger partial charge in [-0.3, -0.25) is 0 Å². The quantitative estimate of drug-likeness (QED) is 0.744. The molecule has 0 aliphatic rings. The molecule has 15 heavy (non-hydrogen) atoms. The molecule has 0 aliphatic carbocycles. The molecule has 2 heteroatoms. The molecule has 0 radical (unpaired) electrons. The first-order valence-electron chi connectivity index (χ1n) is 5.37. The van der Waals surface area contributed by atoms with E-state index in [0.717, 1.165) is 13.1 Å². The van der Waals surface area contributed by atoms with E-state index in [-0.39, 0.29) is 0 Å². The molecule has 0 atom stereocenters. The van der Waals surface area contributed by atoms with Crippen LogP contribution in [0, 0.1) is 6.92 Å². The van der Waals surface area contributed by atoms with Crippen molar-refractivity contribution in [2.75, 3.05) is 28.2 Å². The summed E-state index contributed by atoms with van der Waals surface area (Å²) in [5.74, 6) is 0. The van der Waals surface area contributed by atoms with E-state index in [9.17, 15) is 0 Å². The first-order chi connectivity index (χ1) is 7.00. The summed E-state index contributed by atoms with van der Waals surface area (Å²) in [5, 5.41) is 0. The van der Waals surface area contributed by atoms with Crippen LogP contribution in [0.1, 0.15) is 16.7 Å². The Kier molecular flexibility index (Phi) is 4.30. The van der Waals surface area contributed by atoms with Crippen molar-refractivity contribution in [2.45, 2.75) is 20.0 Å². The van der Waals surface area contributed by atoms with E-state index in [0.29, 0.717) is 0 Å². The van der Waals surface area contributed by atoms with Crippen LogP contribution in [0.15, 0.2) is 18.2 Å². The average Bonchev–Trinajstić information content (AvgIpc) is 2.10. The lowest BCUT2D eigenvalue weighted by molar-refractivity contribution is 0.393. The van der Waals surface area contributed by atoms with E-state index in [4.69, 9.17) is 0 Å². The molecule has 0 bridgehead atoms. The Morgan fingerprint density at radius 3 is 1.60 bits per heavy atom. The molecule has 2 nitrogen and oxygen atoms in total. The van der Waals surface area contributed by atoms with Crippen LogP contribution >= 0.6 is 0 Å². The highest BCUT2D eigenvalue weighted by Gasteiger charge is 2.05. The third kappa shape index (κ3) is 3.65. The Morgan fingerprint density at radius 2 is 1.27 bits per heavy atom. The topological polar surface area (TPSA) is 6.48 Å². The molecule has 0 saturated heterocycles. The summed E-state index contributed by atoms with van der Waals surface area (Å²) in [4.78, 5) is 4.42. The van der Waals surface area contributed by atoms with Crippen LogP contribution in [0.3, 0.4) is 0 Å². The predicted molar refractivity (Wildman–Crippen MR) is 66.0 cm³/mol. The first kappa shape index (κ1) is 12.2. The summed E-state index contributed by atoms with van der Waals surface area (Å²) in [6.45, 7) is 4.26. The monoisotopic (exact) mass is 206 g/mol.